The molecule has 3 fully saturated rings. The fourth-order valence-electron chi connectivity index (χ4n) is 4.74. The molecule has 0 bridgehead atoms. The van der Waals surface area contributed by atoms with E-state index in [0.717, 1.165) is 18.3 Å². The fourth-order valence-corrected chi connectivity index (χ4v) is 4.74. The summed E-state index contributed by atoms with van der Waals surface area (Å²) in [6.45, 7) is 2.43. The largest absolute Gasteiger partial charge is 0.393 e. The van der Waals surface area contributed by atoms with Crippen LogP contribution in [0.4, 0.5) is 0 Å². The summed E-state index contributed by atoms with van der Waals surface area (Å²) in [4.78, 5) is 0. The van der Waals surface area contributed by atoms with Crippen molar-refractivity contribution in [3.05, 3.63) is 0 Å². The van der Waals surface area contributed by atoms with E-state index in [1.54, 1.807) is 0 Å². The lowest BCUT2D eigenvalue weighted by atomic mass is 9.45. The predicted molar refractivity (Wildman–Crippen MR) is 52.3 cm³/mol. The average Bonchev–Trinajstić information content (AvgIpc) is 2.38. The van der Waals surface area contributed by atoms with E-state index < -0.39 is 0 Å². The minimum absolute atomic E-state index is 0.0457. The maximum Gasteiger partial charge on any atom is 0.0576 e. The third-order valence-corrected chi connectivity index (χ3v) is 5.28. The molecule has 1 heteroatoms. The maximum absolute atomic E-state index is 9.92. The summed E-state index contributed by atoms with van der Waals surface area (Å²) in [6, 6.07) is 0. The second kappa shape index (κ2) is 2.50. The summed E-state index contributed by atoms with van der Waals surface area (Å²) in [7, 11) is 0. The molecule has 5 atom stereocenters. The molecule has 3 saturated carbocycles. The smallest absolute Gasteiger partial charge is 0.0576 e. The van der Waals surface area contributed by atoms with E-state index in [9.17, 15) is 5.11 Å². The lowest BCUT2D eigenvalue weighted by molar-refractivity contribution is -0.143. The molecule has 0 aliphatic heterocycles. The Bertz CT molecular complexity index is 225. The first-order valence-corrected chi connectivity index (χ1v) is 5.91. The van der Waals surface area contributed by atoms with Crippen LogP contribution in [0.5, 0.6) is 0 Å². The second-order valence-corrected chi connectivity index (χ2v) is 5.69. The Morgan fingerprint density at radius 3 is 2.77 bits per heavy atom. The van der Waals surface area contributed by atoms with Crippen molar-refractivity contribution in [2.24, 2.45) is 23.2 Å². The van der Waals surface area contributed by atoms with E-state index >= 15 is 0 Å². The van der Waals surface area contributed by atoms with Gasteiger partial charge in [-0.1, -0.05) is 19.8 Å². The Hall–Kier alpha value is -0.0400. The van der Waals surface area contributed by atoms with Crippen molar-refractivity contribution >= 4 is 0 Å². The van der Waals surface area contributed by atoms with Crippen molar-refractivity contribution in [2.45, 2.75) is 51.6 Å². The van der Waals surface area contributed by atoms with Crippen LogP contribution >= 0.6 is 0 Å². The molecule has 5 unspecified atom stereocenters. The van der Waals surface area contributed by atoms with Crippen LogP contribution in [0, 0.1) is 23.2 Å². The molecular weight excluding hydrogens is 160 g/mol. The molecule has 0 radical (unpaired) electrons. The van der Waals surface area contributed by atoms with Gasteiger partial charge in [0.15, 0.2) is 0 Å². The molecule has 0 aromatic heterocycles. The van der Waals surface area contributed by atoms with Crippen LogP contribution in [0.2, 0.25) is 0 Å². The zero-order chi connectivity index (χ0) is 9.05. The van der Waals surface area contributed by atoms with Crippen molar-refractivity contribution in [2.75, 3.05) is 0 Å². The van der Waals surface area contributed by atoms with E-state index in [2.05, 4.69) is 6.92 Å². The molecule has 3 aliphatic carbocycles. The normalized spacial score (nSPS) is 59.5. The molecule has 0 saturated heterocycles. The van der Waals surface area contributed by atoms with Gasteiger partial charge < -0.3 is 5.11 Å². The minimum Gasteiger partial charge on any atom is -0.393 e. The Labute approximate surface area is 80.5 Å². The van der Waals surface area contributed by atoms with Gasteiger partial charge in [-0.15, -0.1) is 0 Å². The van der Waals surface area contributed by atoms with E-state index in [1.807, 2.05) is 0 Å². The quantitative estimate of drug-likeness (QED) is 0.607. The first-order chi connectivity index (χ1) is 6.23. The lowest BCUT2D eigenvalue weighted by Crippen LogP contribution is -2.56. The summed E-state index contributed by atoms with van der Waals surface area (Å²) in [5.74, 6) is 2.55. The van der Waals surface area contributed by atoms with Crippen LogP contribution in [0.25, 0.3) is 0 Å². The summed E-state index contributed by atoms with van der Waals surface area (Å²) in [5.41, 5.74) is 0.546. The lowest BCUT2D eigenvalue weighted by Gasteiger charge is -2.60. The van der Waals surface area contributed by atoms with Crippen molar-refractivity contribution in [3.63, 3.8) is 0 Å². The Morgan fingerprint density at radius 1 is 1.15 bits per heavy atom. The van der Waals surface area contributed by atoms with E-state index in [0.29, 0.717) is 11.3 Å². The predicted octanol–water partition coefficient (Wildman–Crippen LogP) is 2.58. The van der Waals surface area contributed by atoms with Gasteiger partial charge in [0.05, 0.1) is 6.10 Å². The van der Waals surface area contributed by atoms with Crippen molar-refractivity contribution in [1.29, 1.82) is 0 Å². The number of rotatable bonds is 0. The summed E-state index contributed by atoms with van der Waals surface area (Å²) < 4.78 is 0. The van der Waals surface area contributed by atoms with Crippen molar-refractivity contribution in [3.8, 4) is 0 Å². The van der Waals surface area contributed by atoms with Gasteiger partial charge in [0.2, 0.25) is 0 Å². The molecule has 0 spiro atoms. The molecule has 3 aliphatic rings. The van der Waals surface area contributed by atoms with E-state index in [4.69, 9.17) is 0 Å². The molecule has 74 valence electrons. The molecule has 1 N–H and O–H groups in total. The SMILES string of the molecule is CC12CCC(O)C1C1CCCCC12. The minimum atomic E-state index is 0.0457. The molecule has 0 amide bonds. The van der Waals surface area contributed by atoms with Gasteiger partial charge >= 0.3 is 0 Å². The van der Waals surface area contributed by atoms with Crippen LogP contribution in [0.15, 0.2) is 0 Å². The standard InChI is InChI=1S/C12H20O/c1-12-7-6-10(13)11(12)8-4-2-3-5-9(8)12/h8-11,13H,2-7H2,1H3. The van der Waals surface area contributed by atoms with Crippen LogP contribution < -0.4 is 0 Å². The highest BCUT2D eigenvalue weighted by Crippen LogP contribution is 2.68. The van der Waals surface area contributed by atoms with Gasteiger partial charge in [-0.25, -0.2) is 0 Å². The zero-order valence-electron chi connectivity index (χ0n) is 8.50. The average molecular weight is 180 g/mol. The molecule has 0 heterocycles. The molecule has 3 rings (SSSR count). The van der Waals surface area contributed by atoms with Crippen LogP contribution in [0.1, 0.15) is 45.4 Å². The Morgan fingerprint density at radius 2 is 1.92 bits per heavy atom. The van der Waals surface area contributed by atoms with Crippen LogP contribution in [0.3, 0.4) is 0 Å². The topological polar surface area (TPSA) is 20.2 Å². The van der Waals surface area contributed by atoms with Crippen LogP contribution in [-0.2, 0) is 0 Å². The third-order valence-electron chi connectivity index (χ3n) is 5.28. The monoisotopic (exact) mass is 180 g/mol. The molecule has 0 aromatic rings. The molecular formula is C12H20O. The maximum atomic E-state index is 9.92. The Kier molecular flexibility index (Phi) is 1.59. The van der Waals surface area contributed by atoms with Gasteiger partial charge in [0, 0.05) is 0 Å². The first kappa shape index (κ1) is 8.28. The third kappa shape index (κ3) is 0.869. The van der Waals surface area contributed by atoms with Gasteiger partial charge in [0.25, 0.3) is 0 Å². The van der Waals surface area contributed by atoms with Gasteiger partial charge in [-0.05, 0) is 48.9 Å². The zero-order valence-corrected chi connectivity index (χ0v) is 8.50. The first-order valence-electron chi connectivity index (χ1n) is 5.91. The van der Waals surface area contributed by atoms with Crippen LogP contribution in [-0.4, -0.2) is 11.2 Å². The highest BCUT2D eigenvalue weighted by Gasteiger charge is 2.63. The highest BCUT2D eigenvalue weighted by molar-refractivity contribution is 5.12. The van der Waals surface area contributed by atoms with Gasteiger partial charge in [0.1, 0.15) is 0 Å². The van der Waals surface area contributed by atoms with Crippen molar-refractivity contribution in [1.82, 2.24) is 0 Å². The highest BCUT2D eigenvalue weighted by atomic mass is 16.3. The van der Waals surface area contributed by atoms with Gasteiger partial charge in [-0.2, -0.15) is 0 Å². The summed E-state index contributed by atoms with van der Waals surface area (Å²) in [6.07, 6.45) is 8.13. The number of hydrogen-bond acceptors (Lipinski definition) is 1. The number of hydrogen-bond donors (Lipinski definition) is 1. The summed E-state index contributed by atoms with van der Waals surface area (Å²) in [5, 5.41) is 9.92. The Balaban J connectivity index is 1.87. The number of fused-ring (bicyclic) bond motifs is 4. The number of aliphatic hydroxyl groups is 1. The van der Waals surface area contributed by atoms with E-state index in [1.165, 1.54) is 32.1 Å². The van der Waals surface area contributed by atoms with E-state index in [-0.39, 0.29) is 6.10 Å². The number of aliphatic hydroxyl groups excluding tert-OH is 1. The molecule has 1 nitrogen and oxygen atoms in total. The second-order valence-electron chi connectivity index (χ2n) is 5.69. The van der Waals surface area contributed by atoms with Gasteiger partial charge in [-0.3, -0.25) is 0 Å². The molecule has 0 aromatic carbocycles. The van der Waals surface area contributed by atoms with Crippen molar-refractivity contribution < 1.29 is 5.11 Å². The molecule has 13 heavy (non-hydrogen) atoms. The fraction of sp³-hybridized carbons (Fsp3) is 1.00. The summed E-state index contributed by atoms with van der Waals surface area (Å²) >= 11 is 0.